The second kappa shape index (κ2) is 5.83. The smallest absolute Gasteiger partial charge is 0.222 e. The molecule has 0 aromatic heterocycles. The van der Waals surface area contributed by atoms with Crippen molar-refractivity contribution < 1.29 is 4.79 Å². The van der Waals surface area contributed by atoms with E-state index in [-0.39, 0.29) is 0 Å². The lowest BCUT2D eigenvalue weighted by Crippen LogP contribution is -2.56. The lowest BCUT2D eigenvalue weighted by Gasteiger charge is -2.42. The molecule has 17 heavy (non-hydrogen) atoms. The molecule has 0 spiro atoms. The first-order valence-corrected chi connectivity index (χ1v) is 6.90. The van der Waals surface area contributed by atoms with Gasteiger partial charge in [0.1, 0.15) is 0 Å². The molecule has 2 unspecified atom stereocenters. The third kappa shape index (κ3) is 2.99. The summed E-state index contributed by atoms with van der Waals surface area (Å²) in [6.07, 6.45) is 4.22. The van der Waals surface area contributed by atoms with E-state index < -0.39 is 0 Å². The Hall–Kier alpha value is -0.610. The molecule has 2 saturated heterocycles. The molecule has 98 valence electrons. The summed E-state index contributed by atoms with van der Waals surface area (Å²) >= 11 is 0. The zero-order valence-corrected chi connectivity index (χ0v) is 11.1. The van der Waals surface area contributed by atoms with Gasteiger partial charge in [0.15, 0.2) is 0 Å². The fourth-order valence-electron chi connectivity index (χ4n) is 3.09. The Bertz CT molecular complexity index is 269. The van der Waals surface area contributed by atoms with Gasteiger partial charge >= 0.3 is 0 Å². The minimum Gasteiger partial charge on any atom is -0.337 e. The van der Waals surface area contributed by atoms with E-state index in [0.29, 0.717) is 24.4 Å². The van der Waals surface area contributed by atoms with Gasteiger partial charge in [0.2, 0.25) is 5.91 Å². The van der Waals surface area contributed by atoms with E-state index in [4.69, 9.17) is 0 Å². The summed E-state index contributed by atoms with van der Waals surface area (Å²) in [4.78, 5) is 16.8. The van der Waals surface area contributed by atoms with Crippen molar-refractivity contribution in [3.63, 3.8) is 0 Å². The second-order valence-corrected chi connectivity index (χ2v) is 5.39. The third-order valence-corrected chi connectivity index (χ3v) is 4.08. The molecule has 0 aliphatic carbocycles. The van der Waals surface area contributed by atoms with Crippen molar-refractivity contribution in [2.45, 2.75) is 44.7 Å². The van der Waals surface area contributed by atoms with E-state index in [1.165, 1.54) is 19.4 Å². The molecule has 4 nitrogen and oxygen atoms in total. The summed E-state index contributed by atoms with van der Waals surface area (Å²) in [5.74, 6) is 0.347. The number of carbonyl (C=O) groups is 1. The molecule has 2 atom stereocenters. The van der Waals surface area contributed by atoms with Crippen molar-refractivity contribution in [2.75, 3.05) is 33.2 Å². The number of hydrogen-bond acceptors (Lipinski definition) is 3. The normalized spacial score (nSPS) is 29.4. The van der Waals surface area contributed by atoms with Crippen LogP contribution < -0.4 is 5.32 Å². The van der Waals surface area contributed by atoms with Gasteiger partial charge in [-0.1, -0.05) is 0 Å². The van der Waals surface area contributed by atoms with Crippen LogP contribution in [0.15, 0.2) is 0 Å². The van der Waals surface area contributed by atoms with Gasteiger partial charge in [0.25, 0.3) is 0 Å². The van der Waals surface area contributed by atoms with Crippen molar-refractivity contribution in [1.82, 2.24) is 15.1 Å². The van der Waals surface area contributed by atoms with Crippen LogP contribution in [0.5, 0.6) is 0 Å². The van der Waals surface area contributed by atoms with E-state index in [2.05, 4.69) is 22.0 Å². The fourth-order valence-corrected chi connectivity index (χ4v) is 3.09. The average Bonchev–Trinajstić information content (AvgIpc) is 2.75. The number of carbonyl (C=O) groups excluding carboxylic acids is 1. The van der Waals surface area contributed by atoms with Crippen LogP contribution in [0.4, 0.5) is 0 Å². The maximum atomic E-state index is 12.2. The Morgan fingerprint density at radius 2 is 2.24 bits per heavy atom. The van der Waals surface area contributed by atoms with E-state index in [1.54, 1.807) is 0 Å². The molecule has 1 amide bonds. The maximum Gasteiger partial charge on any atom is 0.222 e. The zero-order valence-electron chi connectivity index (χ0n) is 11.1. The number of piperazine rings is 1. The first-order valence-electron chi connectivity index (χ1n) is 6.90. The minimum atomic E-state index is 0.347. The van der Waals surface area contributed by atoms with Gasteiger partial charge in [-0.15, -0.1) is 0 Å². The van der Waals surface area contributed by atoms with E-state index >= 15 is 0 Å². The molecule has 0 aromatic rings. The van der Waals surface area contributed by atoms with E-state index in [0.717, 1.165) is 26.1 Å². The summed E-state index contributed by atoms with van der Waals surface area (Å²) in [5.41, 5.74) is 0. The quantitative estimate of drug-likeness (QED) is 0.733. The Morgan fingerprint density at radius 3 is 3.00 bits per heavy atom. The van der Waals surface area contributed by atoms with Crippen LogP contribution in [0.25, 0.3) is 0 Å². The molecule has 0 saturated carbocycles. The van der Waals surface area contributed by atoms with Crippen molar-refractivity contribution in [1.29, 1.82) is 0 Å². The Kier molecular flexibility index (Phi) is 4.40. The van der Waals surface area contributed by atoms with Gasteiger partial charge in [0.05, 0.1) is 0 Å². The fraction of sp³-hybridized carbons (Fsp3) is 0.923. The summed E-state index contributed by atoms with van der Waals surface area (Å²) in [7, 11) is 1.93. The maximum absolute atomic E-state index is 12.2. The van der Waals surface area contributed by atoms with Crippen LogP contribution in [0.3, 0.4) is 0 Å². The van der Waals surface area contributed by atoms with Crippen molar-refractivity contribution in [3.8, 4) is 0 Å². The zero-order chi connectivity index (χ0) is 12.3. The Morgan fingerprint density at radius 1 is 1.41 bits per heavy atom. The van der Waals surface area contributed by atoms with Gasteiger partial charge in [-0.2, -0.15) is 0 Å². The number of fused-ring (bicyclic) bond motifs is 1. The van der Waals surface area contributed by atoms with Gasteiger partial charge in [-0.25, -0.2) is 0 Å². The topological polar surface area (TPSA) is 35.6 Å². The van der Waals surface area contributed by atoms with Gasteiger partial charge in [0, 0.05) is 31.6 Å². The first kappa shape index (κ1) is 12.8. The number of nitrogens with zero attached hydrogens (tertiary/aromatic N) is 2. The highest BCUT2D eigenvalue weighted by atomic mass is 16.2. The molecule has 2 aliphatic heterocycles. The van der Waals surface area contributed by atoms with Crippen LogP contribution in [0.2, 0.25) is 0 Å². The van der Waals surface area contributed by atoms with Crippen molar-refractivity contribution in [2.24, 2.45) is 0 Å². The number of hydrogen-bond donors (Lipinski definition) is 1. The van der Waals surface area contributed by atoms with E-state index in [9.17, 15) is 4.79 Å². The molecule has 4 heteroatoms. The highest BCUT2D eigenvalue weighted by Gasteiger charge is 2.35. The number of rotatable bonds is 4. The molecule has 1 N–H and O–H groups in total. The predicted octanol–water partition coefficient (Wildman–Crippen LogP) is 0.681. The third-order valence-electron chi connectivity index (χ3n) is 4.08. The summed E-state index contributed by atoms with van der Waals surface area (Å²) in [5, 5.41) is 3.10. The van der Waals surface area contributed by atoms with Crippen LogP contribution in [-0.4, -0.2) is 61.0 Å². The number of amides is 1. The minimum absolute atomic E-state index is 0.347. The van der Waals surface area contributed by atoms with Gasteiger partial charge < -0.3 is 10.2 Å². The standard InChI is InChI=1S/C13H25N3O/c1-11-9-15-8-4-5-12(15)10-16(11)13(17)6-3-7-14-2/h11-12,14H,3-10H2,1-2H3. The van der Waals surface area contributed by atoms with Crippen molar-refractivity contribution >= 4 is 5.91 Å². The lowest BCUT2D eigenvalue weighted by molar-refractivity contribution is -0.136. The van der Waals surface area contributed by atoms with Gasteiger partial charge in [-0.3, -0.25) is 9.69 Å². The second-order valence-electron chi connectivity index (χ2n) is 5.39. The SMILES string of the molecule is CNCCCC(=O)N1CC2CCCN2CC1C. The molecule has 2 rings (SSSR count). The van der Waals surface area contributed by atoms with E-state index in [1.807, 2.05) is 7.05 Å². The Balaban J connectivity index is 1.84. The molecule has 0 radical (unpaired) electrons. The monoisotopic (exact) mass is 239 g/mol. The van der Waals surface area contributed by atoms with Crippen molar-refractivity contribution in [3.05, 3.63) is 0 Å². The van der Waals surface area contributed by atoms with Crippen LogP contribution in [0.1, 0.15) is 32.6 Å². The van der Waals surface area contributed by atoms with Gasteiger partial charge in [-0.05, 0) is 46.3 Å². The summed E-state index contributed by atoms with van der Waals surface area (Å²) < 4.78 is 0. The average molecular weight is 239 g/mol. The highest BCUT2D eigenvalue weighted by Crippen LogP contribution is 2.24. The summed E-state index contributed by atoms with van der Waals surface area (Å²) in [6, 6.07) is 1.03. The molecular weight excluding hydrogens is 214 g/mol. The molecule has 2 fully saturated rings. The summed E-state index contributed by atoms with van der Waals surface area (Å²) in [6.45, 7) is 6.38. The first-order chi connectivity index (χ1) is 8.22. The lowest BCUT2D eigenvalue weighted by atomic mass is 10.1. The highest BCUT2D eigenvalue weighted by molar-refractivity contribution is 5.76. The van der Waals surface area contributed by atoms with Crippen LogP contribution >= 0.6 is 0 Å². The predicted molar refractivity (Wildman–Crippen MR) is 68.9 cm³/mol. The molecular formula is C13H25N3O. The van der Waals surface area contributed by atoms with Crippen LogP contribution in [0, 0.1) is 0 Å². The molecule has 0 bridgehead atoms. The van der Waals surface area contributed by atoms with Crippen LogP contribution in [-0.2, 0) is 4.79 Å². The largest absolute Gasteiger partial charge is 0.337 e. The number of nitrogens with one attached hydrogen (secondary N) is 1. The Labute approximate surface area is 104 Å². The molecule has 0 aromatic carbocycles. The molecule has 2 heterocycles. The molecule has 2 aliphatic rings.